The Hall–Kier alpha value is -4.69. The van der Waals surface area contributed by atoms with Crippen LogP contribution in [0.2, 0.25) is 0 Å². The molecule has 0 radical (unpaired) electrons. The summed E-state index contributed by atoms with van der Waals surface area (Å²) < 4.78 is 0. The molecule has 1 aliphatic rings. The number of nitrogens with one attached hydrogen (secondary N) is 5. The minimum absolute atomic E-state index is 0.00763. The number of aromatic hydroxyl groups is 1. The van der Waals surface area contributed by atoms with E-state index in [1.807, 2.05) is 12.1 Å². The molecule has 1 aliphatic heterocycles. The number of amides is 5. The predicted octanol–water partition coefficient (Wildman–Crippen LogP) is -2.82. The number of aliphatic hydroxyl groups is 1. The van der Waals surface area contributed by atoms with E-state index < -0.39 is 59.9 Å². The molecule has 7 atom stereocenters. The molecule has 0 aromatic heterocycles. The molecule has 2 aromatic carbocycles. The van der Waals surface area contributed by atoms with E-state index in [-0.39, 0.29) is 69.4 Å². The van der Waals surface area contributed by atoms with Crippen LogP contribution in [0, 0.1) is 0 Å². The highest BCUT2D eigenvalue weighted by atomic mass is 16.3. The molecular weight excluding hydrogens is 734 g/mol. The Morgan fingerprint density at radius 3 is 2.26 bits per heavy atom. The first kappa shape index (κ1) is 46.7. The Kier molecular flexibility index (Phi) is 19.8. The Bertz CT molecular complexity index is 1630. The highest BCUT2D eigenvalue weighted by molar-refractivity contribution is 5.95. The number of carbonyl (C=O) groups excluding carboxylic acids is 5. The molecule has 3 rings (SSSR count). The van der Waals surface area contributed by atoms with Crippen molar-refractivity contribution in [3.63, 3.8) is 0 Å². The smallest absolute Gasteiger partial charge is 0.243 e. The fraction of sp³-hybridized carbons (Fsp3) is 0.564. The van der Waals surface area contributed by atoms with Gasteiger partial charge >= 0.3 is 0 Å². The van der Waals surface area contributed by atoms with Gasteiger partial charge in [-0.05, 0) is 86.0 Å². The summed E-state index contributed by atoms with van der Waals surface area (Å²) in [4.78, 5) is 66.9. The topological polar surface area (TPSA) is 342 Å². The van der Waals surface area contributed by atoms with Crippen molar-refractivity contribution in [1.29, 1.82) is 0 Å². The van der Waals surface area contributed by atoms with Gasteiger partial charge in [0.25, 0.3) is 0 Å². The minimum atomic E-state index is -1.33. The molecular formula is C39H63N11O7. The SMILES string of the molecule is NCCCC(N)CNC(=O)CC(N)CCCNC(=O)[C@H](CCCN)NC(=O)C1Cc2cccc(c2)-c2ccc(O)c(c2)CC(N)C(=O)N[C@@H](C[C@@H](O)CN)C(=O)N1. The van der Waals surface area contributed by atoms with Crippen molar-refractivity contribution in [2.75, 3.05) is 32.7 Å². The molecule has 4 unspecified atom stereocenters. The Morgan fingerprint density at radius 1 is 0.842 bits per heavy atom. The van der Waals surface area contributed by atoms with Gasteiger partial charge in [-0.25, -0.2) is 0 Å². The van der Waals surface area contributed by atoms with Crippen LogP contribution >= 0.6 is 0 Å². The van der Waals surface area contributed by atoms with Gasteiger partial charge in [-0.2, -0.15) is 0 Å². The van der Waals surface area contributed by atoms with Gasteiger partial charge in [-0.1, -0.05) is 30.3 Å². The fourth-order valence-corrected chi connectivity index (χ4v) is 6.43. The van der Waals surface area contributed by atoms with E-state index in [2.05, 4.69) is 26.6 Å². The maximum absolute atomic E-state index is 14.1. The Labute approximate surface area is 334 Å². The molecule has 57 heavy (non-hydrogen) atoms. The van der Waals surface area contributed by atoms with Crippen LogP contribution in [0.3, 0.4) is 0 Å². The molecule has 5 amide bonds. The third kappa shape index (κ3) is 16.0. The molecule has 2 aromatic rings. The summed E-state index contributed by atoms with van der Waals surface area (Å²) in [7, 11) is 0. The first-order chi connectivity index (χ1) is 27.2. The number of hydrogen-bond acceptors (Lipinski definition) is 13. The third-order valence-corrected chi connectivity index (χ3v) is 9.77. The number of benzene rings is 2. The van der Waals surface area contributed by atoms with Crippen LogP contribution in [0.5, 0.6) is 5.75 Å². The molecule has 4 bridgehead atoms. The summed E-state index contributed by atoms with van der Waals surface area (Å²) in [5.41, 5.74) is 37.8. The van der Waals surface area contributed by atoms with Gasteiger partial charge in [0.1, 0.15) is 23.9 Å². The molecule has 316 valence electrons. The molecule has 18 heteroatoms. The predicted molar refractivity (Wildman–Crippen MR) is 217 cm³/mol. The van der Waals surface area contributed by atoms with Gasteiger partial charge in [0.15, 0.2) is 0 Å². The summed E-state index contributed by atoms with van der Waals surface area (Å²) >= 11 is 0. The lowest BCUT2D eigenvalue weighted by Gasteiger charge is -2.27. The number of fused-ring (bicyclic) bond motifs is 5. The lowest BCUT2D eigenvalue weighted by molar-refractivity contribution is -0.134. The second-order valence-electron chi connectivity index (χ2n) is 14.7. The summed E-state index contributed by atoms with van der Waals surface area (Å²) in [6.07, 6.45) is 1.61. The van der Waals surface area contributed by atoms with Gasteiger partial charge in [-0.15, -0.1) is 0 Å². The normalized spacial score (nSPS) is 19.4. The number of aliphatic hydroxyl groups excluding tert-OH is 1. The van der Waals surface area contributed by atoms with Crippen LogP contribution in [-0.2, 0) is 36.8 Å². The maximum atomic E-state index is 14.1. The minimum Gasteiger partial charge on any atom is -0.508 e. The molecule has 0 fully saturated rings. The maximum Gasteiger partial charge on any atom is 0.243 e. The molecule has 0 saturated carbocycles. The van der Waals surface area contributed by atoms with Crippen molar-refractivity contribution < 1.29 is 34.2 Å². The second kappa shape index (κ2) is 24.2. The standard InChI is InChI=1S/C39H63N11O7/c40-12-2-7-28(44)22-47-35(53)19-27(43)8-4-14-46-37(55)31(9-3-13-41)48-38(56)32-16-23-5-1-6-24(15-23)25-10-11-34(52)26(17-25)18-30(45)36(54)49-33(39(57)50-32)20-29(51)21-42/h1,5-6,10-11,15,17,27-33,51-52H,2-4,7-9,12-14,16,18-22,40-45H2,(H,46,55)(H,47,53)(H,48,56)(H,49,54)(H,50,57)/t27?,28?,29-,30?,31+,32?,33+/m1/s1. The quantitative estimate of drug-likeness (QED) is 0.0603. The largest absolute Gasteiger partial charge is 0.508 e. The monoisotopic (exact) mass is 797 g/mol. The van der Waals surface area contributed by atoms with Crippen LogP contribution in [0.25, 0.3) is 11.1 Å². The summed E-state index contributed by atoms with van der Waals surface area (Å²) in [5.74, 6) is -2.90. The Balaban J connectivity index is 1.77. The highest BCUT2D eigenvalue weighted by Crippen LogP contribution is 2.28. The van der Waals surface area contributed by atoms with Crippen LogP contribution in [0.1, 0.15) is 62.5 Å². The van der Waals surface area contributed by atoms with Crippen molar-refractivity contribution in [2.24, 2.45) is 34.4 Å². The van der Waals surface area contributed by atoms with E-state index in [1.54, 1.807) is 24.3 Å². The molecule has 0 spiro atoms. The fourth-order valence-electron chi connectivity index (χ4n) is 6.43. The average Bonchev–Trinajstić information content (AvgIpc) is 3.19. The first-order valence-electron chi connectivity index (χ1n) is 19.7. The summed E-state index contributed by atoms with van der Waals surface area (Å²) in [6.45, 7) is 1.15. The molecule has 19 N–H and O–H groups in total. The van der Waals surface area contributed by atoms with Crippen molar-refractivity contribution >= 4 is 29.5 Å². The highest BCUT2D eigenvalue weighted by Gasteiger charge is 2.32. The zero-order chi connectivity index (χ0) is 41.9. The van der Waals surface area contributed by atoms with Gasteiger partial charge in [-0.3, -0.25) is 24.0 Å². The number of nitrogens with two attached hydrogens (primary N) is 6. The van der Waals surface area contributed by atoms with E-state index in [0.717, 1.165) is 17.5 Å². The number of hydrogen-bond donors (Lipinski definition) is 13. The van der Waals surface area contributed by atoms with Gasteiger partial charge in [0.05, 0.1) is 12.1 Å². The van der Waals surface area contributed by atoms with Gasteiger partial charge < -0.3 is 71.2 Å². The van der Waals surface area contributed by atoms with Crippen LogP contribution in [-0.4, -0.2) is 115 Å². The zero-order valence-electron chi connectivity index (χ0n) is 32.6. The van der Waals surface area contributed by atoms with E-state index in [4.69, 9.17) is 34.4 Å². The van der Waals surface area contributed by atoms with Crippen molar-refractivity contribution in [3.8, 4) is 16.9 Å². The summed E-state index contributed by atoms with van der Waals surface area (Å²) in [5, 5.41) is 34.6. The third-order valence-electron chi connectivity index (χ3n) is 9.77. The molecule has 0 saturated heterocycles. The van der Waals surface area contributed by atoms with Crippen molar-refractivity contribution in [1.82, 2.24) is 26.6 Å². The second-order valence-corrected chi connectivity index (χ2v) is 14.7. The first-order valence-corrected chi connectivity index (χ1v) is 19.7. The molecule has 18 nitrogen and oxygen atoms in total. The van der Waals surface area contributed by atoms with E-state index in [0.29, 0.717) is 49.9 Å². The van der Waals surface area contributed by atoms with Crippen LogP contribution in [0.15, 0.2) is 42.5 Å². The van der Waals surface area contributed by atoms with E-state index in [9.17, 15) is 34.2 Å². The molecule has 0 aliphatic carbocycles. The number of phenolic OH excluding ortho intramolecular Hbond substituents is 1. The lowest BCUT2D eigenvalue weighted by Crippen LogP contribution is -2.59. The summed E-state index contributed by atoms with van der Waals surface area (Å²) in [6, 6.07) is 6.83. The van der Waals surface area contributed by atoms with Gasteiger partial charge in [0.2, 0.25) is 29.5 Å². The van der Waals surface area contributed by atoms with Crippen molar-refractivity contribution in [2.45, 2.75) is 107 Å². The number of phenols is 1. The van der Waals surface area contributed by atoms with E-state index >= 15 is 0 Å². The van der Waals surface area contributed by atoms with Crippen LogP contribution < -0.4 is 61.0 Å². The average molecular weight is 798 g/mol. The number of rotatable bonds is 20. The van der Waals surface area contributed by atoms with Crippen molar-refractivity contribution in [3.05, 3.63) is 53.6 Å². The van der Waals surface area contributed by atoms with E-state index in [1.165, 1.54) is 6.07 Å². The number of carbonyl (C=O) groups is 5. The van der Waals surface area contributed by atoms with Gasteiger partial charge in [0, 0.05) is 57.4 Å². The Morgan fingerprint density at radius 2 is 1.54 bits per heavy atom. The molecule has 1 heterocycles. The van der Waals surface area contributed by atoms with Crippen LogP contribution in [0.4, 0.5) is 0 Å². The zero-order valence-corrected chi connectivity index (χ0v) is 32.6. The lowest BCUT2D eigenvalue weighted by atomic mass is 9.96.